The zero-order valence-corrected chi connectivity index (χ0v) is 11.2. The summed E-state index contributed by atoms with van der Waals surface area (Å²) < 4.78 is 1.53. The molecule has 0 fully saturated rings. The van der Waals surface area contributed by atoms with Crippen LogP contribution in [0.15, 0.2) is 60.7 Å². The van der Waals surface area contributed by atoms with Gasteiger partial charge in [0.25, 0.3) is 0 Å². The summed E-state index contributed by atoms with van der Waals surface area (Å²) in [5, 5.41) is 0. The normalized spacial score (nSPS) is 10.1. The molecule has 0 atom stereocenters. The van der Waals surface area contributed by atoms with Crippen molar-refractivity contribution in [1.82, 2.24) is 0 Å². The third kappa shape index (κ3) is 4.18. The van der Waals surface area contributed by atoms with Crippen LogP contribution in [0.5, 0.6) is 0 Å². The zero-order chi connectivity index (χ0) is 11.9. The molecule has 0 spiro atoms. The van der Waals surface area contributed by atoms with E-state index in [1.54, 1.807) is 0 Å². The number of aryl methyl sites for hydroxylation is 1. The van der Waals surface area contributed by atoms with Gasteiger partial charge in [-0.15, -0.1) is 0 Å². The zero-order valence-electron chi connectivity index (χ0n) is 9.50. The van der Waals surface area contributed by atoms with E-state index in [1.807, 2.05) is 48.5 Å². The third-order valence-corrected chi connectivity index (χ3v) is 4.41. The van der Waals surface area contributed by atoms with E-state index in [-0.39, 0.29) is 15.0 Å². The van der Waals surface area contributed by atoms with Gasteiger partial charge in [0.2, 0.25) is 0 Å². The minimum atomic E-state index is -0.0317. The molecule has 0 saturated carbocycles. The molecule has 0 bridgehead atoms. The molecule has 0 radical (unpaired) electrons. The predicted molar refractivity (Wildman–Crippen MR) is 71.6 cm³/mol. The van der Waals surface area contributed by atoms with Crippen molar-refractivity contribution in [2.24, 2.45) is 0 Å². The number of hydrogen-bond donors (Lipinski definition) is 0. The van der Waals surface area contributed by atoms with Gasteiger partial charge in [0.05, 0.1) is 0 Å². The van der Waals surface area contributed by atoms with E-state index in [1.165, 1.54) is 5.56 Å². The van der Waals surface area contributed by atoms with Gasteiger partial charge >= 0.3 is 108 Å². The molecular formula is C15H14OSe. The van der Waals surface area contributed by atoms with Crippen LogP contribution in [0.1, 0.15) is 12.0 Å². The monoisotopic (exact) mass is 290 g/mol. The molecule has 0 aliphatic rings. The van der Waals surface area contributed by atoms with Crippen molar-refractivity contribution < 1.29 is 4.79 Å². The molecule has 2 aromatic carbocycles. The first-order valence-corrected chi connectivity index (χ1v) is 7.35. The minimum absolute atomic E-state index is 0.0317. The van der Waals surface area contributed by atoms with E-state index in [2.05, 4.69) is 12.1 Å². The first kappa shape index (κ1) is 12.1. The average molecular weight is 289 g/mol. The fraction of sp³-hybridized carbons (Fsp3) is 0.133. The van der Waals surface area contributed by atoms with Gasteiger partial charge in [0.1, 0.15) is 0 Å². The van der Waals surface area contributed by atoms with Crippen LogP contribution in [0.2, 0.25) is 0 Å². The number of benzene rings is 2. The Kier molecular flexibility index (Phi) is 4.54. The van der Waals surface area contributed by atoms with Crippen LogP contribution in [0, 0.1) is 0 Å². The van der Waals surface area contributed by atoms with Gasteiger partial charge in [0, 0.05) is 0 Å². The van der Waals surface area contributed by atoms with E-state index in [0.717, 1.165) is 10.9 Å². The molecule has 2 aromatic rings. The molecule has 0 aliphatic carbocycles. The van der Waals surface area contributed by atoms with Gasteiger partial charge in [-0.2, -0.15) is 0 Å². The SMILES string of the molecule is O=C(CCc1ccccc1)[Se]c1ccccc1. The van der Waals surface area contributed by atoms with Gasteiger partial charge < -0.3 is 0 Å². The molecule has 2 rings (SSSR count). The molecule has 0 aromatic heterocycles. The molecule has 0 heterocycles. The predicted octanol–water partition coefficient (Wildman–Crippen LogP) is 2.18. The van der Waals surface area contributed by atoms with Crippen LogP contribution in [-0.2, 0) is 11.2 Å². The Morgan fingerprint density at radius 2 is 1.47 bits per heavy atom. The van der Waals surface area contributed by atoms with Crippen molar-refractivity contribution in [3.8, 4) is 0 Å². The summed E-state index contributed by atoms with van der Waals surface area (Å²) in [4.78, 5) is 11.8. The molecule has 1 nitrogen and oxygen atoms in total. The van der Waals surface area contributed by atoms with Crippen molar-refractivity contribution >= 4 is 24.1 Å². The van der Waals surface area contributed by atoms with Gasteiger partial charge in [-0.1, -0.05) is 0 Å². The first-order chi connectivity index (χ1) is 8.34. The van der Waals surface area contributed by atoms with Gasteiger partial charge in [-0.3, -0.25) is 0 Å². The van der Waals surface area contributed by atoms with Gasteiger partial charge in [0.15, 0.2) is 0 Å². The van der Waals surface area contributed by atoms with E-state index >= 15 is 0 Å². The standard InChI is InChI=1S/C15H14OSe/c16-15(17-14-9-5-2-6-10-14)12-11-13-7-3-1-4-8-13/h1-10H,11-12H2. The van der Waals surface area contributed by atoms with Crippen LogP contribution in [0.25, 0.3) is 0 Å². The molecule has 17 heavy (non-hydrogen) atoms. The summed E-state index contributed by atoms with van der Waals surface area (Å²) in [5.74, 6) is 0. The van der Waals surface area contributed by atoms with Crippen molar-refractivity contribution in [2.45, 2.75) is 12.8 Å². The quantitative estimate of drug-likeness (QED) is 0.771. The molecule has 2 heteroatoms. The van der Waals surface area contributed by atoms with Crippen molar-refractivity contribution in [2.75, 3.05) is 0 Å². The third-order valence-electron chi connectivity index (χ3n) is 2.44. The second kappa shape index (κ2) is 6.39. The van der Waals surface area contributed by atoms with Crippen LogP contribution < -0.4 is 4.46 Å². The summed E-state index contributed by atoms with van der Waals surface area (Å²) >= 11 is -0.0317. The Balaban J connectivity index is 1.83. The molecule has 0 saturated heterocycles. The van der Waals surface area contributed by atoms with Crippen molar-refractivity contribution in [3.05, 3.63) is 66.2 Å². The van der Waals surface area contributed by atoms with Crippen LogP contribution in [0.4, 0.5) is 0 Å². The average Bonchev–Trinajstić information content (AvgIpc) is 2.39. The summed E-state index contributed by atoms with van der Waals surface area (Å²) in [6, 6.07) is 20.2. The van der Waals surface area contributed by atoms with Crippen LogP contribution >= 0.6 is 0 Å². The van der Waals surface area contributed by atoms with E-state index < -0.39 is 0 Å². The summed E-state index contributed by atoms with van der Waals surface area (Å²) in [7, 11) is 0. The maximum atomic E-state index is 11.8. The number of carbonyl (C=O) groups is 1. The second-order valence-corrected chi connectivity index (χ2v) is 6.15. The first-order valence-electron chi connectivity index (χ1n) is 5.64. The Bertz CT molecular complexity index is 465. The Morgan fingerprint density at radius 3 is 2.12 bits per heavy atom. The second-order valence-electron chi connectivity index (χ2n) is 3.77. The summed E-state index contributed by atoms with van der Waals surface area (Å²) in [5.41, 5.74) is 1.24. The van der Waals surface area contributed by atoms with Gasteiger partial charge in [-0.05, 0) is 0 Å². The topological polar surface area (TPSA) is 17.1 Å². The van der Waals surface area contributed by atoms with Crippen LogP contribution in [-0.4, -0.2) is 19.6 Å². The molecule has 0 aliphatic heterocycles. The number of hydrogen-bond acceptors (Lipinski definition) is 1. The number of rotatable bonds is 5. The number of carbonyl (C=O) groups excluding carboxylic acids is 1. The Morgan fingerprint density at radius 1 is 0.882 bits per heavy atom. The molecule has 86 valence electrons. The van der Waals surface area contributed by atoms with Crippen LogP contribution in [0.3, 0.4) is 0 Å². The fourth-order valence-corrected chi connectivity index (χ4v) is 3.16. The maximum absolute atomic E-state index is 11.8. The molecule has 0 amide bonds. The molecular weight excluding hydrogens is 275 g/mol. The van der Waals surface area contributed by atoms with Crippen molar-refractivity contribution in [3.63, 3.8) is 0 Å². The summed E-state index contributed by atoms with van der Waals surface area (Å²) in [6.07, 6.45) is 1.51. The van der Waals surface area contributed by atoms with E-state index in [0.29, 0.717) is 11.1 Å². The fourth-order valence-electron chi connectivity index (χ4n) is 1.56. The molecule has 0 unspecified atom stereocenters. The Labute approximate surface area is 108 Å². The summed E-state index contributed by atoms with van der Waals surface area (Å²) in [6.45, 7) is 0. The van der Waals surface area contributed by atoms with E-state index in [9.17, 15) is 4.79 Å². The Hall–Kier alpha value is -1.37. The van der Waals surface area contributed by atoms with E-state index in [4.69, 9.17) is 0 Å². The molecule has 0 N–H and O–H groups in total. The van der Waals surface area contributed by atoms with Crippen molar-refractivity contribution in [1.29, 1.82) is 0 Å². The van der Waals surface area contributed by atoms with Gasteiger partial charge in [-0.25, -0.2) is 0 Å².